The summed E-state index contributed by atoms with van der Waals surface area (Å²) in [5.41, 5.74) is 4.21. The molecular weight excluding hydrogens is 302 g/mol. The molecule has 1 aromatic heterocycles. The van der Waals surface area contributed by atoms with Crippen LogP contribution < -0.4 is 5.43 Å². The van der Waals surface area contributed by atoms with Gasteiger partial charge in [0.2, 0.25) is 0 Å². The largest absolute Gasteiger partial charge is 0.271 e. The van der Waals surface area contributed by atoms with Crippen molar-refractivity contribution >= 4 is 26.8 Å². The summed E-state index contributed by atoms with van der Waals surface area (Å²) in [6, 6.07) is 13.4. The number of amides is 1. The van der Waals surface area contributed by atoms with Gasteiger partial charge in [0.25, 0.3) is 5.91 Å². The lowest BCUT2D eigenvalue weighted by Crippen LogP contribution is -2.23. The van der Waals surface area contributed by atoms with Crippen molar-refractivity contribution in [3.63, 3.8) is 0 Å². The Morgan fingerprint density at radius 2 is 1.77 bits per heavy atom. The first kappa shape index (κ1) is 14.3. The summed E-state index contributed by atoms with van der Waals surface area (Å²) in [6.07, 6.45) is 2.55. The van der Waals surface area contributed by atoms with Crippen LogP contribution in [0.25, 0.3) is 11.0 Å². The van der Waals surface area contributed by atoms with Gasteiger partial charge in [0, 0.05) is 6.26 Å². The first-order valence-corrected chi connectivity index (χ1v) is 8.38. The van der Waals surface area contributed by atoms with E-state index in [2.05, 4.69) is 10.4 Å². The van der Waals surface area contributed by atoms with Crippen LogP contribution in [0.3, 0.4) is 0 Å². The van der Waals surface area contributed by atoms with Crippen molar-refractivity contribution in [1.82, 2.24) is 9.66 Å². The van der Waals surface area contributed by atoms with Crippen molar-refractivity contribution in [1.29, 1.82) is 0 Å². The lowest BCUT2D eigenvalue weighted by molar-refractivity contribution is 0.100. The third-order valence-corrected chi connectivity index (χ3v) is 4.36. The quantitative estimate of drug-likeness (QED) is 0.799. The van der Waals surface area contributed by atoms with E-state index in [1.807, 2.05) is 24.3 Å². The number of rotatable bonds is 3. The minimum atomic E-state index is -3.49. The van der Waals surface area contributed by atoms with Gasteiger partial charge >= 0.3 is 0 Å². The minimum Gasteiger partial charge on any atom is -0.267 e. The summed E-state index contributed by atoms with van der Waals surface area (Å²) in [5.74, 6) is -0.510. The molecule has 6 nitrogen and oxygen atoms in total. The lowest BCUT2D eigenvalue weighted by atomic mass is 10.2. The van der Waals surface area contributed by atoms with E-state index in [0.717, 1.165) is 17.3 Å². The molecule has 112 valence electrons. The molecule has 0 saturated heterocycles. The predicted octanol–water partition coefficient (Wildman–Crippen LogP) is 1.82. The van der Waals surface area contributed by atoms with E-state index in [9.17, 15) is 13.2 Å². The molecule has 0 aliphatic carbocycles. The normalized spacial score (nSPS) is 11.5. The Morgan fingerprint density at radius 1 is 1.09 bits per heavy atom. The van der Waals surface area contributed by atoms with Crippen LogP contribution in [-0.2, 0) is 9.84 Å². The molecule has 0 atom stereocenters. The molecule has 3 rings (SSSR count). The number of benzene rings is 2. The Hall–Kier alpha value is -2.67. The van der Waals surface area contributed by atoms with Gasteiger partial charge in [0.1, 0.15) is 6.33 Å². The first-order valence-electron chi connectivity index (χ1n) is 6.49. The van der Waals surface area contributed by atoms with Crippen LogP contribution >= 0.6 is 0 Å². The molecular formula is C15H13N3O3S. The molecule has 0 aliphatic rings. The molecule has 0 bridgehead atoms. The number of hydrogen-bond donors (Lipinski definition) is 1. The third-order valence-electron chi connectivity index (χ3n) is 3.21. The van der Waals surface area contributed by atoms with Gasteiger partial charge in [-0.25, -0.2) is 18.1 Å². The first-order chi connectivity index (χ1) is 10.5. The van der Waals surface area contributed by atoms with E-state index in [-0.39, 0.29) is 10.5 Å². The van der Waals surface area contributed by atoms with Gasteiger partial charge in [-0.05, 0) is 24.3 Å². The van der Waals surface area contributed by atoms with Gasteiger partial charge in [-0.1, -0.05) is 24.3 Å². The van der Waals surface area contributed by atoms with Crippen molar-refractivity contribution in [2.45, 2.75) is 4.90 Å². The fraction of sp³-hybridized carbons (Fsp3) is 0.0667. The second-order valence-corrected chi connectivity index (χ2v) is 6.80. The van der Waals surface area contributed by atoms with Crippen LogP contribution in [0.4, 0.5) is 0 Å². The lowest BCUT2D eigenvalue weighted by Gasteiger charge is -2.10. The zero-order chi connectivity index (χ0) is 15.7. The molecule has 7 heteroatoms. The molecule has 1 heterocycles. The van der Waals surface area contributed by atoms with Crippen molar-refractivity contribution < 1.29 is 13.2 Å². The van der Waals surface area contributed by atoms with Crippen molar-refractivity contribution in [2.24, 2.45) is 0 Å². The van der Waals surface area contributed by atoms with E-state index < -0.39 is 15.7 Å². The standard InChI is InChI=1S/C15H13N3O3S/c1-22(20,21)14-9-5-2-6-11(14)15(19)17-18-10-16-12-7-3-4-8-13(12)18/h2-10H,1H3,(H,17,19). The van der Waals surface area contributed by atoms with Crippen molar-refractivity contribution in [3.05, 3.63) is 60.4 Å². The molecule has 0 fully saturated rings. The SMILES string of the molecule is CS(=O)(=O)c1ccccc1C(=O)Nn1cnc2ccccc21. The fourth-order valence-corrected chi connectivity index (χ4v) is 3.08. The van der Waals surface area contributed by atoms with Crippen LogP contribution in [0.5, 0.6) is 0 Å². The molecule has 22 heavy (non-hydrogen) atoms. The number of hydrogen-bond acceptors (Lipinski definition) is 4. The van der Waals surface area contributed by atoms with Gasteiger partial charge in [0.15, 0.2) is 9.84 Å². The predicted molar refractivity (Wildman–Crippen MR) is 83.0 cm³/mol. The second kappa shape index (κ2) is 5.27. The number of sulfone groups is 1. The summed E-state index contributed by atoms with van der Waals surface area (Å²) in [4.78, 5) is 16.6. The Labute approximate surface area is 127 Å². The Morgan fingerprint density at radius 3 is 2.55 bits per heavy atom. The Bertz CT molecular complexity index is 961. The number of nitrogens with one attached hydrogen (secondary N) is 1. The number of aromatic nitrogens is 2. The average Bonchev–Trinajstić information content (AvgIpc) is 2.90. The van der Waals surface area contributed by atoms with E-state index in [1.54, 1.807) is 12.1 Å². The number of imidazole rings is 1. The Kier molecular flexibility index (Phi) is 3.42. The highest BCUT2D eigenvalue weighted by Crippen LogP contribution is 2.16. The summed E-state index contributed by atoms with van der Waals surface area (Å²) >= 11 is 0. The van der Waals surface area contributed by atoms with E-state index in [4.69, 9.17) is 0 Å². The molecule has 0 spiro atoms. The zero-order valence-electron chi connectivity index (χ0n) is 11.7. The summed E-state index contributed by atoms with van der Waals surface area (Å²) in [6.45, 7) is 0. The smallest absolute Gasteiger partial charge is 0.267 e. The topological polar surface area (TPSA) is 81.1 Å². The minimum absolute atomic E-state index is 0.00285. The van der Waals surface area contributed by atoms with Crippen LogP contribution in [0, 0.1) is 0 Å². The number of para-hydroxylation sites is 2. The molecule has 0 radical (unpaired) electrons. The molecule has 0 saturated carbocycles. The summed E-state index contributed by atoms with van der Waals surface area (Å²) in [5, 5.41) is 0. The molecule has 0 aliphatic heterocycles. The van der Waals surface area contributed by atoms with Gasteiger partial charge in [-0.15, -0.1) is 0 Å². The maximum atomic E-state index is 12.4. The summed E-state index contributed by atoms with van der Waals surface area (Å²) < 4.78 is 25.0. The second-order valence-electron chi connectivity index (χ2n) is 4.81. The van der Waals surface area contributed by atoms with E-state index in [1.165, 1.54) is 23.1 Å². The third kappa shape index (κ3) is 2.58. The number of carbonyl (C=O) groups is 1. The molecule has 1 N–H and O–H groups in total. The number of fused-ring (bicyclic) bond motifs is 1. The summed E-state index contributed by atoms with van der Waals surface area (Å²) in [7, 11) is -3.49. The van der Waals surface area contributed by atoms with Crippen LogP contribution in [0.1, 0.15) is 10.4 Å². The highest BCUT2D eigenvalue weighted by atomic mass is 32.2. The van der Waals surface area contributed by atoms with Gasteiger partial charge < -0.3 is 0 Å². The molecule has 1 amide bonds. The monoisotopic (exact) mass is 315 g/mol. The van der Waals surface area contributed by atoms with Crippen LogP contribution in [0.15, 0.2) is 59.8 Å². The van der Waals surface area contributed by atoms with Crippen molar-refractivity contribution in [2.75, 3.05) is 11.7 Å². The van der Waals surface area contributed by atoms with Gasteiger partial charge in [0.05, 0.1) is 21.5 Å². The van der Waals surface area contributed by atoms with Crippen molar-refractivity contribution in [3.8, 4) is 0 Å². The highest BCUT2D eigenvalue weighted by molar-refractivity contribution is 7.90. The van der Waals surface area contributed by atoms with Gasteiger partial charge in [-0.2, -0.15) is 0 Å². The van der Waals surface area contributed by atoms with E-state index >= 15 is 0 Å². The molecule has 0 unspecified atom stereocenters. The van der Waals surface area contributed by atoms with Gasteiger partial charge in [-0.3, -0.25) is 10.2 Å². The molecule has 3 aromatic rings. The maximum absolute atomic E-state index is 12.4. The number of carbonyl (C=O) groups excluding carboxylic acids is 1. The number of nitrogens with zero attached hydrogens (tertiary/aromatic N) is 2. The fourth-order valence-electron chi connectivity index (χ4n) is 2.20. The van der Waals surface area contributed by atoms with Crippen LogP contribution in [-0.4, -0.2) is 30.2 Å². The van der Waals surface area contributed by atoms with Crippen LogP contribution in [0.2, 0.25) is 0 Å². The Balaban J connectivity index is 2.00. The van der Waals surface area contributed by atoms with E-state index in [0.29, 0.717) is 0 Å². The average molecular weight is 315 g/mol. The zero-order valence-corrected chi connectivity index (χ0v) is 12.5. The maximum Gasteiger partial charge on any atom is 0.271 e. The highest BCUT2D eigenvalue weighted by Gasteiger charge is 2.18. The molecule has 2 aromatic carbocycles.